The van der Waals surface area contributed by atoms with E-state index < -0.39 is 29.3 Å². The zero-order valence-electron chi connectivity index (χ0n) is 18.3. The van der Waals surface area contributed by atoms with E-state index in [-0.39, 0.29) is 30.0 Å². The third-order valence-corrected chi connectivity index (χ3v) is 7.02. The zero-order valence-corrected chi connectivity index (χ0v) is 18.3. The summed E-state index contributed by atoms with van der Waals surface area (Å²) in [5, 5.41) is 35.5. The van der Waals surface area contributed by atoms with Crippen LogP contribution in [0, 0.1) is 22.7 Å². The maximum absolute atomic E-state index is 12.9. The van der Waals surface area contributed by atoms with E-state index in [1.807, 2.05) is 19.9 Å². The van der Waals surface area contributed by atoms with Gasteiger partial charge in [0, 0.05) is 0 Å². The number of nitrogen functional groups attached to an aromatic ring is 1. The lowest BCUT2D eigenvalue weighted by atomic mass is 9.71. The van der Waals surface area contributed by atoms with Crippen molar-refractivity contribution in [1.82, 2.24) is 14.6 Å². The number of anilines is 1. The first-order chi connectivity index (χ1) is 15.2. The van der Waals surface area contributed by atoms with Crippen LogP contribution in [0.15, 0.2) is 18.5 Å². The summed E-state index contributed by atoms with van der Waals surface area (Å²) in [5.74, 6) is 0.0554. The molecule has 2 aromatic rings. The van der Waals surface area contributed by atoms with Crippen molar-refractivity contribution in [1.29, 1.82) is 5.26 Å². The van der Waals surface area contributed by atoms with Crippen LogP contribution < -0.4 is 5.73 Å². The number of aliphatic hydroxyl groups excluding tert-OH is 2. The average molecular weight is 444 g/mol. The number of fused-ring (bicyclic) bond motifs is 1. The molecule has 1 saturated heterocycles. The van der Waals surface area contributed by atoms with Crippen LogP contribution >= 0.6 is 0 Å². The van der Waals surface area contributed by atoms with Gasteiger partial charge in [-0.3, -0.25) is 4.79 Å². The predicted octanol–water partition coefficient (Wildman–Crippen LogP) is 1.30. The fourth-order valence-corrected chi connectivity index (χ4v) is 4.89. The molecule has 1 saturated carbocycles. The second-order valence-electron chi connectivity index (χ2n) is 9.26. The molecule has 1 aliphatic carbocycles. The van der Waals surface area contributed by atoms with Crippen molar-refractivity contribution >= 4 is 17.3 Å². The molecule has 0 bridgehead atoms. The van der Waals surface area contributed by atoms with Crippen molar-refractivity contribution in [3.8, 4) is 6.07 Å². The van der Waals surface area contributed by atoms with E-state index in [0.717, 1.165) is 25.7 Å². The summed E-state index contributed by atoms with van der Waals surface area (Å²) in [7, 11) is 0. The molecule has 0 aromatic carbocycles. The van der Waals surface area contributed by atoms with E-state index in [9.17, 15) is 20.3 Å². The molecule has 32 heavy (non-hydrogen) atoms. The maximum atomic E-state index is 12.9. The van der Waals surface area contributed by atoms with Crippen molar-refractivity contribution in [2.75, 3.05) is 12.3 Å². The van der Waals surface area contributed by atoms with Gasteiger partial charge in [0.2, 0.25) is 5.60 Å². The monoisotopic (exact) mass is 443 g/mol. The number of carbonyl (C=O) groups excluding carboxylic acids is 1. The molecule has 3 heterocycles. The number of nitrogens with zero attached hydrogens (tertiary/aromatic N) is 4. The normalized spacial score (nSPS) is 29.2. The van der Waals surface area contributed by atoms with Gasteiger partial charge in [-0.25, -0.2) is 9.50 Å². The highest BCUT2D eigenvalue weighted by molar-refractivity contribution is 5.76. The summed E-state index contributed by atoms with van der Waals surface area (Å²) in [4.78, 5) is 16.8. The second-order valence-corrected chi connectivity index (χ2v) is 9.26. The van der Waals surface area contributed by atoms with Gasteiger partial charge >= 0.3 is 5.97 Å². The highest BCUT2D eigenvalue weighted by Crippen LogP contribution is 2.42. The highest BCUT2D eigenvalue weighted by atomic mass is 16.6. The van der Waals surface area contributed by atoms with Crippen LogP contribution in [-0.2, 0) is 19.9 Å². The number of hydrogen-bond acceptors (Lipinski definition) is 9. The van der Waals surface area contributed by atoms with Gasteiger partial charge in [0.25, 0.3) is 0 Å². The SMILES string of the molecule is CC(C)(C(=O)OC[C@H]1O[C@@](C#N)(c2ccc3c(N)ncnn23)[C@H](O)[C@H]1O)C1CCCCC1. The number of ether oxygens (including phenoxy) is 2. The molecule has 172 valence electrons. The molecule has 0 amide bonds. The van der Waals surface area contributed by atoms with Crippen molar-refractivity contribution in [2.24, 2.45) is 11.3 Å². The molecule has 4 N–H and O–H groups in total. The van der Waals surface area contributed by atoms with Crippen LogP contribution in [0.4, 0.5) is 5.82 Å². The Bertz CT molecular complexity index is 1040. The lowest BCUT2D eigenvalue weighted by molar-refractivity contribution is -0.164. The van der Waals surface area contributed by atoms with E-state index >= 15 is 0 Å². The Morgan fingerprint density at radius 1 is 1.38 bits per heavy atom. The number of nitriles is 1. The number of esters is 1. The van der Waals surface area contributed by atoms with Gasteiger partial charge in [-0.1, -0.05) is 19.3 Å². The van der Waals surface area contributed by atoms with Gasteiger partial charge in [0.15, 0.2) is 5.82 Å². The maximum Gasteiger partial charge on any atom is 0.311 e. The average Bonchev–Trinajstić information content (AvgIpc) is 3.34. The predicted molar refractivity (Wildman–Crippen MR) is 113 cm³/mol. The molecule has 2 aromatic heterocycles. The molecule has 0 unspecified atom stereocenters. The molecule has 10 heteroatoms. The van der Waals surface area contributed by atoms with Gasteiger partial charge in [0.05, 0.1) is 11.1 Å². The number of nitrogens with two attached hydrogens (primary N) is 1. The standard InChI is InChI=1S/C22H29N5O5/c1-21(2,13-6-4-3-5-7-13)20(30)31-10-15-17(28)18(29)22(11-23,32-15)16-9-8-14-19(24)25-12-26-27(14)16/h8-9,12-13,15,17-18,28-29H,3-7,10H2,1-2H3,(H2,24,25,26)/t15-,17+,18-,22+/m1/s1. The van der Waals surface area contributed by atoms with E-state index in [4.69, 9.17) is 15.2 Å². The molecule has 4 rings (SSSR count). The van der Waals surface area contributed by atoms with Crippen molar-refractivity contribution in [3.63, 3.8) is 0 Å². The highest BCUT2D eigenvalue weighted by Gasteiger charge is 2.58. The van der Waals surface area contributed by atoms with Gasteiger partial charge < -0.3 is 25.4 Å². The van der Waals surface area contributed by atoms with Gasteiger partial charge in [0.1, 0.15) is 42.8 Å². The number of hydrogen-bond donors (Lipinski definition) is 3. The smallest absolute Gasteiger partial charge is 0.311 e. The summed E-state index contributed by atoms with van der Waals surface area (Å²) in [6.07, 6.45) is 2.46. The third-order valence-electron chi connectivity index (χ3n) is 7.02. The molecule has 0 spiro atoms. The number of aliphatic hydroxyl groups is 2. The minimum atomic E-state index is -1.91. The van der Waals surface area contributed by atoms with E-state index in [0.29, 0.717) is 5.52 Å². The van der Waals surface area contributed by atoms with Crippen LogP contribution in [0.3, 0.4) is 0 Å². The first-order valence-corrected chi connectivity index (χ1v) is 10.9. The van der Waals surface area contributed by atoms with Crippen LogP contribution in [-0.4, -0.2) is 55.7 Å². The minimum Gasteiger partial charge on any atom is -0.462 e. The largest absolute Gasteiger partial charge is 0.462 e. The molecule has 2 fully saturated rings. The molecular formula is C22H29N5O5. The van der Waals surface area contributed by atoms with Crippen molar-refractivity contribution < 1.29 is 24.5 Å². The Labute approximate surface area is 185 Å². The van der Waals surface area contributed by atoms with E-state index in [2.05, 4.69) is 10.1 Å². The quantitative estimate of drug-likeness (QED) is 0.580. The number of carbonyl (C=O) groups is 1. The van der Waals surface area contributed by atoms with E-state index in [1.165, 1.54) is 17.3 Å². The molecular weight excluding hydrogens is 414 g/mol. The Balaban J connectivity index is 1.53. The summed E-state index contributed by atoms with van der Waals surface area (Å²) in [5.41, 5.74) is 3.92. The number of rotatable bonds is 5. The lowest BCUT2D eigenvalue weighted by Gasteiger charge is -2.35. The van der Waals surface area contributed by atoms with Crippen molar-refractivity contribution in [2.45, 2.75) is 69.9 Å². The minimum absolute atomic E-state index is 0.197. The topological polar surface area (TPSA) is 156 Å². The molecule has 4 atom stereocenters. The van der Waals surface area contributed by atoms with Crippen LogP contribution in [0.5, 0.6) is 0 Å². The Morgan fingerprint density at radius 3 is 2.78 bits per heavy atom. The zero-order chi connectivity index (χ0) is 23.1. The molecule has 0 radical (unpaired) electrons. The summed E-state index contributed by atoms with van der Waals surface area (Å²) in [6.45, 7) is 3.47. The third kappa shape index (κ3) is 3.50. The van der Waals surface area contributed by atoms with Crippen molar-refractivity contribution in [3.05, 3.63) is 24.2 Å². The lowest BCUT2D eigenvalue weighted by Crippen LogP contribution is -2.41. The fraction of sp³-hybridized carbons (Fsp3) is 0.636. The summed E-state index contributed by atoms with van der Waals surface area (Å²) < 4.78 is 12.7. The first kappa shape index (κ1) is 22.5. The second kappa shape index (κ2) is 8.31. The molecule has 1 aliphatic heterocycles. The summed E-state index contributed by atoms with van der Waals surface area (Å²) in [6, 6.07) is 5.12. The van der Waals surface area contributed by atoms with E-state index in [1.54, 1.807) is 12.1 Å². The van der Waals surface area contributed by atoms with Gasteiger partial charge in [-0.2, -0.15) is 10.4 Å². The Kier molecular flexibility index (Phi) is 5.83. The first-order valence-electron chi connectivity index (χ1n) is 10.9. The molecule has 2 aliphatic rings. The van der Waals surface area contributed by atoms with Crippen LogP contribution in [0.1, 0.15) is 51.6 Å². The molecule has 10 nitrogen and oxygen atoms in total. The Morgan fingerprint density at radius 2 is 2.09 bits per heavy atom. The van der Waals surface area contributed by atoms with Crippen LogP contribution in [0.2, 0.25) is 0 Å². The summed E-state index contributed by atoms with van der Waals surface area (Å²) >= 11 is 0. The number of aromatic nitrogens is 3. The fourth-order valence-electron chi connectivity index (χ4n) is 4.89. The van der Waals surface area contributed by atoms with Crippen LogP contribution in [0.25, 0.3) is 5.52 Å². The van der Waals surface area contributed by atoms with Gasteiger partial charge in [-0.05, 0) is 44.7 Å². The van der Waals surface area contributed by atoms with Gasteiger partial charge in [-0.15, -0.1) is 0 Å². The Hall–Kier alpha value is -2.74.